The molecule has 2 atom stereocenters. The molecule has 21 heavy (non-hydrogen) atoms. The summed E-state index contributed by atoms with van der Waals surface area (Å²) in [7, 11) is 2.43. The van der Waals surface area contributed by atoms with Gasteiger partial charge in [-0.15, -0.1) is 0 Å². The summed E-state index contributed by atoms with van der Waals surface area (Å²) in [6.45, 7) is 2.36. The normalized spacial score (nSPS) is 26.4. The van der Waals surface area contributed by atoms with Crippen LogP contribution in [0.5, 0.6) is 0 Å². The standard InChI is InChI=1S/C19H19N2/c1-21-10-9-13-5-2-3-7-15(13)19(21)16-11-20-17-8-4-6-14(12-21)18(16)17/h2-8,11,19-20H,9-10,12H2,1H3/q+1. The Kier molecular flexibility index (Phi) is 2.08. The first-order valence-corrected chi connectivity index (χ1v) is 7.77. The van der Waals surface area contributed by atoms with Crippen LogP contribution >= 0.6 is 0 Å². The van der Waals surface area contributed by atoms with Gasteiger partial charge in [0.15, 0.2) is 0 Å². The molecule has 5 rings (SSSR count). The van der Waals surface area contributed by atoms with E-state index in [1.54, 1.807) is 0 Å². The van der Waals surface area contributed by atoms with Gasteiger partial charge in [0.05, 0.1) is 13.6 Å². The van der Waals surface area contributed by atoms with Crippen molar-refractivity contribution < 1.29 is 4.48 Å². The molecule has 0 amide bonds. The highest BCUT2D eigenvalue weighted by atomic mass is 15.4. The molecule has 3 aromatic rings. The molecule has 0 saturated carbocycles. The highest BCUT2D eigenvalue weighted by molar-refractivity contribution is 5.88. The van der Waals surface area contributed by atoms with Gasteiger partial charge in [-0.05, 0) is 11.6 Å². The van der Waals surface area contributed by atoms with E-state index in [-0.39, 0.29) is 0 Å². The summed E-state index contributed by atoms with van der Waals surface area (Å²) in [5, 5.41) is 1.47. The van der Waals surface area contributed by atoms with E-state index in [0.29, 0.717) is 6.04 Å². The lowest BCUT2D eigenvalue weighted by atomic mass is 9.82. The third-order valence-corrected chi connectivity index (χ3v) is 5.51. The molecule has 2 aliphatic heterocycles. The van der Waals surface area contributed by atoms with Gasteiger partial charge in [-0.1, -0.05) is 36.4 Å². The highest BCUT2D eigenvalue weighted by Gasteiger charge is 2.44. The fraction of sp³-hybridized carbons (Fsp3) is 0.263. The number of rotatable bonds is 0. The maximum atomic E-state index is 3.49. The number of nitrogens with zero attached hydrogens (tertiary/aromatic N) is 1. The van der Waals surface area contributed by atoms with Gasteiger partial charge in [-0.25, -0.2) is 0 Å². The molecule has 104 valence electrons. The fourth-order valence-corrected chi connectivity index (χ4v) is 4.57. The van der Waals surface area contributed by atoms with E-state index < -0.39 is 0 Å². The van der Waals surface area contributed by atoms with E-state index in [1.807, 2.05) is 0 Å². The zero-order valence-electron chi connectivity index (χ0n) is 12.3. The van der Waals surface area contributed by atoms with Gasteiger partial charge in [0.1, 0.15) is 12.6 Å². The van der Waals surface area contributed by atoms with Crippen molar-refractivity contribution >= 4 is 10.9 Å². The predicted molar refractivity (Wildman–Crippen MR) is 85.0 cm³/mol. The first-order chi connectivity index (χ1) is 10.3. The molecule has 2 unspecified atom stereocenters. The first kappa shape index (κ1) is 11.6. The maximum Gasteiger partial charge on any atom is 0.143 e. The van der Waals surface area contributed by atoms with Crippen molar-refractivity contribution in [2.24, 2.45) is 0 Å². The molecule has 0 spiro atoms. The molecule has 0 fully saturated rings. The Hall–Kier alpha value is -2.06. The molecule has 1 N–H and O–H groups in total. The minimum absolute atomic E-state index is 0.485. The number of benzene rings is 2. The number of quaternary nitrogens is 1. The number of nitrogens with one attached hydrogen (secondary N) is 1. The smallest absolute Gasteiger partial charge is 0.143 e. The molecule has 3 heterocycles. The van der Waals surface area contributed by atoms with Crippen molar-refractivity contribution in [2.75, 3.05) is 13.6 Å². The molecular weight excluding hydrogens is 256 g/mol. The van der Waals surface area contributed by atoms with Gasteiger partial charge in [-0.2, -0.15) is 0 Å². The summed E-state index contributed by atoms with van der Waals surface area (Å²) in [4.78, 5) is 3.49. The van der Waals surface area contributed by atoms with Crippen LogP contribution in [0.4, 0.5) is 0 Å². The summed E-state index contributed by atoms with van der Waals surface area (Å²) in [5.74, 6) is 0. The first-order valence-electron chi connectivity index (χ1n) is 7.77. The van der Waals surface area contributed by atoms with Gasteiger partial charge in [0.25, 0.3) is 0 Å². The van der Waals surface area contributed by atoms with Crippen molar-refractivity contribution in [3.05, 3.63) is 70.9 Å². The van der Waals surface area contributed by atoms with Crippen LogP contribution in [0.3, 0.4) is 0 Å². The number of hydrogen-bond donors (Lipinski definition) is 1. The summed E-state index contributed by atoms with van der Waals surface area (Å²) in [6, 6.07) is 16.2. The van der Waals surface area contributed by atoms with E-state index >= 15 is 0 Å². The topological polar surface area (TPSA) is 15.8 Å². The molecular formula is C19H19N2+. The monoisotopic (exact) mass is 275 g/mol. The highest BCUT2D eigenvalue weighted by Crippen LogP contribution is 2.47. The number of aromatic amines is 1. The van der Waals surface area contributed by atoms with Crippen LogP contribution in [0.1, 0.15) is 28.3 Å². The van der Waals surface area contributed by atoms with E-state index in [1.165, 1.54) is 46.1 Å². The van der Waals surface area contributed by atoms with Gasteiger partial charge in [-0.3, -0.25) is 0 Å². The van der Waals surface area contributed by atoms with Crippen molar-refractivity contribution in [1.82, 2.24) is 4.98 Å². The molecule has 0 aliphatic carbocycles. The maximum absolute atomic E-state index is 3.49. The Labute approximate surface area is 124 Å². The lowest BCUT2D eigenvalue weighted by molar-refractivity contribution is -0.949. The van der Waals surface area contributed by atoms with E-state index in [9.17, 15) is 0 Å². The van der Waals surface area contributed by atoms with Gasteiger partial charge >= 0.3 is 0 Å². The molecule has 2 aromatic carbocycles. The number of hydrogen-bond acceptors (Lipinski definition) is 0. The Morgan fingerprint density at radius 1 is 1.00 bits per heavy atom. The average Bonchev–Trinajstić information content (AvgIpc) is 2.92. The van der Waals surface area contributed by atoms with Crippen LogP contribution in [0.25, 0.3) is 10.9 Å². The lowest BCUT2D eigenvalue weighted by Crippen LogP contribution is -2.52. The number of likely N-dealkylation sites (N-methyl/N-ethyl adjacent to an activating group) is 1. The quantitative estimate of drug-likeness (QED) is 0.601. The second-order valence-electron chi connectivity index (χ2n) is 6.80. The van der Waals surface area contributed by atoms with Gasteiger partial charge < -0.3 is 9.47 Å². The molecule has 2 heteroatoms. The van der Waals surface area contributed by atoms with Crippen LogP contribution in [0.2, 0.25) is 0 Å². The molecule has 0 radical (unpaired) electrons. The summed E-state index contributed by atoms with van der Waals surface area (Å²) in [5.41, 5.74) is 7.34. The molecule has 1 aromatic heterocycles. The summed E-state index contributed by atoms with van der Waals surface area (Å²) >= 11 is 0. The number of aromatic nitrogens is 1. The minimum atomic E-state index is 0.485. The van der Waals surface area contributed by atoms with Crippen molar-refractivity contribution in [3.8, 4) is 0 Å². The second-order valence-corrected chi connectivity index (χ2v) is 6.80. The van der Waals surface area contributed by atoms with Gasteiger partial charge in [0.2, 0.25) is 0 Å². The fourth-order valence-electron chi connectivity index (χ4n) is 4.57. The Bertz CT molecular complexity index is 861. The van der Waals surface area contributed by atoms with Crippen LogP contribution in [0.15, 0.2) is 48.7 Å². The van der Waals surface area contributed by atoms with E-state index in [0.717, 1.165) is 11.0 Å². The third kappa shape index (κ3) is 1.41. The van der Waals surface area contributed by atoms with Crippen molar-refractivity contribution in [1.29, 1.82) is 0 Å². The largest absolute Gasteiger partial charge is 0.361 e. The minimum Gasteiger partial charge on any atom is -0.361 e. The van der Waals surface area contributed by atoms with E-state index in [4.69, 9.17) is 0 Å². The molecule has 2 aliphatic rings. The van der Waals surface area contributed by atoms with Crippen LogP contribution in [-0.4, -0.2) is 23.1 Å². The van der Waals surface area contributed by atoms with Crippen molar-refractivity contribution in [3.63, 3.8) is 0 Å². The zero-order valence-corrected chi connectivity index (χ0v) is 12.3. The number of fused-ring (bicyclic) bond motifs is 4. The van der Waals surface area contributed by atoms with Crippen LogP contribution in [-0.2, 0) is 13.0 Å². The molecule has 2 nitrogen and oxygen atoms in total. The Balaban J connectivity index is 1.86. The number of H-pyrrole nitrogens is 1. The predicted octanol–water partition coefficient (Wildman–Crippen LogP) is 3.77. The van der Waals surface area contributed by atoms with Gasteiger partial charge in [0, 0.05) is 40.2 Å². The Morgan fingerprint density at radius 3 is 2.81 bits per heavy atom. The SMILES string of the molecule is C[N+]12CCc3ccccc3C1c1c[nH]c3cccc(c13)C2. The van der Waals surface area contributed by atoms with E-state index in [2.05, 4.69) is 60.7 Å². The van der Waals surface area contributed by atoms with Crippen LogP contribution < -0.4 is 0 Å². The van der Waals surface area contributed by atoms with Crippen molar-refractivity contribution in [2.45, 2.75) is 19.0 Å². The average molecular weight is 275 g/mol. The Morgan fingerprint density at radius 2 is 1.86 bits per heavy atom. The lowest BCUT2D eigenvalue weighted by Gasteiger charge is -2.48. The molecule has 0 saturated heterocycles. The summed E-state index contributed by atoms with van der Waals surface area (Å²) < 4.78 is 1.11. The summed E-state index contributed by atoms with van der Waals surface area (Å²) in [6.07, 6.45) is 3.44. The molecule has 0 bridgehead atoms. The second kappa shape index (κ2) is 3.77. The zero-order chi connectivity index (χ0) is 14.0. The third-order valence-electron chi connectivity index (χ3n) is 5.51. The van der Waals surface area contributed by atoms with Crippen LogP contribution in [0, 0.1) is 0 Å².